The number of benzene rings is 2. The summed E-state index contributed by atoms with van der Waals surface area (Å²) in [7, 11) is 0. The normalized spacial score (nSPS) is 29.3. The van der Waals surface area contributed by atoms with Crippen molar-refractivity contribution in [2.24, 2.45) is 29.6 Å². The number of carbonyl (C=O) groups is 4. The Labute approximate surface area is 208 Å². The molecule has 0 N–H and O–H groups in total. The Morgan fingerprint density at radius 1 is 0.971 bits per heavy atom. The van der Waals surface area contributed by atoms with Crippen molar-refractivity contribution < 1.29 is 23.9 Å². The second-order valence-corrected chi connectivity index (χ2v) is 10.5. The minimum absolute atomic E-state index is 0.0603. The summed E-state index contributed by atoms with van der Waals surface area (Å²) in [6.07, 6.45) is 3.12. The van der Waals surface area contributed by atoms with Crippen molar-refractivity contribution in [3.8, 4) is 5.75 Å². The van der Waals surface area contributed by atoms with Crippen LogP contribution in [0.2, 0.25) is 5.02 Å². The van der Waals surface area contributed by atoms with E-state index in [2.05, 4.69) is 0 Å². The number of imide groups is 1. The van der Waals surface area contributed by atoms with Gasteiger partial charge in [0.25, 0.3) is 0 Å². The first-order valence-electron chi connectivity index (χ1n) is 12.1. The topological polar surface area (TPSA) is 84.0 Å². The van der Waals surface area contributed by atoms with Gasteiger partial charge in [0, 0.05) is 23.7 Å². The molecular formula is C27H25ClN2O5. The predicted octanol–water partition coefficient (Wildman–Crippen LogP) is 4.14. The molecule has 7 nitrogen and oxygen atoms in total. The van der Waals surface area contributed by atoms with Crippen molar-refractivity contribution in [2.75, 3.05) is 16.3 Å². The zero-order valence-electron chi connectivity index (χ0n) is 19.3. The van der Waals surface area contributed by atoms with Crippen LogP contribution in [0, 0.1) is 36.5 Å². The van der Waals surface area contributed by atoms with Crippen LogP contribution < -0.4 is 14.5 Å². The number of esters is 1. The highest BCUT2D eigenvalue weighted by Crippen LogP contribution is 2.56. The van der Waals surface area contributed by atoms with Gasteiger partial charge in [0.1, 0.15) is 5.75 Å². The van der Waals surface area contributed by atoms with Gasteiger partial charge in [0.2, 0.25) is 17.7 Å². The quantitative estimate of drug-likeness (QED) is 0.364. The van der Waals surface area contributed by atoms with Crippen LogP contribution in [0.25, 0.3) is 0 Å². The van der Waals surface area contributed by atoms with Gasteiger partial charge in [-0.25, -0.2) is 0 Å². The molecule has 2 aromatic rings. The number of ether oxygens (including phenoxy) is 1. The lowest BCUT2D eigenvalue weighted by Gasteiger charge is -2.19. The molecule has 0 aromatic heterocycles. The molecule has 0 radical (unpaired) electrons. The highest BCUT2D eigenvalue weighted by molar-refractivity contribution is 6.31. The number of hydrogen-bond donors (Lipinski definition) is 0. The Hall–Kier alpha value is -3.19. The summed E-state index contributed by atoms with van der Waals surface area (Å²) in [6, 6.07) is 11.8. The zero-order valence-corrected chi connectivity index (χ0v) is 20.0. The van der Waals surface area contributed by atoms with Gasteiger partial charge < -0.3 is 9.64 Å². The van der Waals surface area contributed by atoms with Crippen LogP contribution >= 0.6 is 11.6 Å². The molecule has 2 saturated heterocycles. The fraction of sp³-hybridized carbons (Fsp3) is 0.407. The number of nitrogens with zero attached hydrogens (tertiary/aromatic N) is 2. The monoisotopic (exact) mass is 492 g/mol. The van der Waals surface area contributed by atoms with Gasteiger partial charge >= 0.3 is 5.97 Å². The largest absolute Gasteiger partial charge is 0.426 e. The van der Waals surface area contributed by atoms with E-state index in [9.17, 15) is 19.2 Å². The molecule has 2 heterocycles. The fourth-order valence-corrected chi connectivity index (χ4v) is 6.68. The lowest BCUT2D eigenvalue weighted by Crippen LogP contribution is -2.32. The van der Waals surface area contributed by atoms with Crippen molar-refractivity contribution in [1.29, 1.82) is 0 Å². The summed E-state index contributed by atoms with van der Waals surface area (Å²) in [6.45, 7) is 2.06. The molecule has 2 aromatic carbocycles. The molecule has 2 aliphatic carbocycles. The molecule has 3 amide bonds. The molecule has 2 saturated carbocycles. The molecule has 5 atom stereocenters. The molecule has 8 heteroatoms. The van der Waals surface area contributed by atoms with Crippen molar-refractivity contribution >= 4 is 46.7 Å². The van der Waals surface area contributed by atoms with Crippen molar-refractivity contribution in [3.05, 3.63) is 53.1 Å². The van der Waals surface area contributed by atoms with Crippen LogP contribution in [0.1, 0.15) is 31.2 Å². The van der Waals surface area contributed by atoms with Crippen LogP contribution in [0.15, 0.2) is 42.5 Å². The third-order valence-electron chi connectivity index (χ3n) is 8.23. The Balaban J connectivity index is 1.13. The number of anilines is 2. The Bertz CT molecular complexity index is 1230. The molecule has 2 bridgehead atoms. The number of rotatable bonds is 4. The average molecular weight is 493 g/mol. The van der Waals surface area contributed by atoms with Crippen LogP contribution in [-0.2, 0) is 19.2 Å². The van der Waals surface area contributed by atoms with Crippen molar-refractivity contribution in [3.63, 3.8) is 0 Å². The maximum Gasteiger partial charge on any atom is 0.316 e. The molecule has 0 unspecified atom stereocenters. The van der Waals surface area contributed by atoms with E-state index in [0.717, 1.165) is 24.8 Å². The van der Waals surface area contributed by atoms with Crippen LogP contribution in [0.3, 0.4) is 0 Å². The summed E-state index contributed by atoms with van der Waals surface area (Å²) in [5.74, 6) is -0.830. The van der Waals surface area contributed by atoms with E-state index in [1.54, 1.807) is 41.3 Å². The first-order chi connectivity index (χ1) is 16.8. The van der Waals surface area contributed by atoms with E-state index in [-0.39, 0.29) is 42.5 Å². The highest BCUT2D eigenvalue weighted by Gasteiger charge is 2.61. The fourth-order valence-electron chi connectivity index (χ4n) is 6.51. The number of halogens is 1. The van der Waals surface area contributed by atoms with Crippen LogP contribution in [-0.4, -0.2) is 30.2 Å². The SMILES string of the molecule is Cc1c(Cl)cccc1N1C[C@H](C(=O)Oc2ccc(N3C(=O)[C@H]4[C@H]5CC[C@@H](C5)[C@@H]4C3=O)cc2)CC1=O. The first-order valence-corrected chi connectivity index (χ1v) is 12.5. The van der Waals surface area contributed by atoms with Gasteiger partial charge in [-0.2, -0.15) is 0 Å². The minimum Gasteiger partial charge on any atom is -0.426 e. The average Bonchev–Trinajstić information content (AvgIpc) is 3.60. The molecule has 4 fully saturated rings. The van der Waals surface area contributed by atoms with Crippen LogP contribution in [0.5, 0.6) is 5.75 Å². The molecule has 180 valence electrons. The summed E-state index contributed by atoms with van der Waals surface area (Å²) in [4.78, 5) is 54.3. The van der Waals surface area contributed by atoms with Crippen molar-refractivity contribution in [1.82, 2.24) is 0 Å². The number of hydrogen-bond acceptors (Lipinski definition) is 5. The number of fused-ring (bicyclic) bond motifs is 5. The third kappa shape index (κ3) is 3.47. The molecule has 0 spiro atoms. The number of amides is 3. The van der Waals surface area contributed by atoms with Gasteiger partial charge in [-0.05, 0) is 80.0 Å². The first kappa shape index (κ1) is 22.3. The zero-order chi connectivity index (χ0) is 24.4. The number of carbonyl (C=O) groups excluding carboxylic acids is 4. The van der Waals surface area contributed by atoms with Gasteiger partial charge in [-0.3, -0.25) is 24.1 Å². The summed E-state index contributed by atoms with van der Waals surface area (Å²) in [5.41, 5.74) is 1.99. The molecule has 35 heavy (non-hydrogen) atoms. The summed E-state index contributed by atoms with van der Waals surface area (Å²) in [5, 5.41) is 0.563. The molecule has 4 aliphatic rings. The molecule has 2 aliphatic heterocycles. The summed E-state index contributed by atoms with van der Waals surface area (Å²) >= 11 is 6.19. The Kier molecular flexibility index (Phi) is 5.22. The van der Waals surface area contributed by atoms with Gasteiger partial charge in [-0.1, -0.05) is 17.7 Å². The van der Waals surface area contributed by atoms with E-state index < -0.39 is 11.9 Å². The predicted molar refractivity (Wildman–Crippen MR) is 129 cm³/mol. The second kappa shape index (κ2) is 8.19. The Morgan fingerprint density at radius 3 is 2.29 bits per heavy atom. The second-order valence-electron chi connectivity index (χ2n) is 10.1. The third-order valence-corrected chi connectivity index (χ3v) is 8.64. The summed E-state index contributed by atoms with van der Waals surface area (Å²) < 4.78 is 5.54. The maximum absolute atomic E-state index is 13.0. The molecule has 6 rings (SSSR count). The van der Waals surface area contributed by atoms with Gasteiger partial charge in [-0.15, -0.1) is 0 Å². The highest BCUT2D eigenvalue weighted by atomic mass is 35.5. The van der Waals surface area contributed by atoms with E-state index in [4.69, 9.17) is 16.3 Å². The smallest absolute Gasteiger partial charge is 0.316 e. The van der Waals surface area contributed by atoms with E-state index in [1.165, 1.54) is 4.90 Å². The van der Waals surface area contributed by atoms with Crippen LogP contribution in [0.4, 0.5) is 11.4 Å². The maximum atomic E-state index is 13.0. The van der Waals surface area contributed by atoms with Gasteiger partial charge in [0.05, 0.1) is 23.4 Å². The standard InChI is InChI=1S/C27H25ClN2O5/c1-14-20(28)3-2-4-21(14)29-13-17(12-22(29)31)27(34)35-19-9-7-18(8-10-19)30-25(32)23-15-5-6-16(11-15)24(23)26(30)33/h2-4,7-10,15-17,23-24H,5-6,11-13H2,1H3/t15-,16-,17+,23-,24-/m0/s1. The Morgan fingerprint density at radius 2 is 1.63 bits per heavy atom. The molecular weight excluding hydrogens is 468 g/mol. The van der Waals surface area contributed by atoms with E-state index in [1.807, 2.05) is 13.0 Å². The van der Waals surface area contributed by atoms with Crippen molar-refractivity contribution in [2.45, 2.75) is 32.6 Å². The van der Waals surface area contributed by atoms with E-state index in [0.29, 0.717) is 34.0 Å². The van der Waals surface area contributed by atoms with Gasteiger partial charge in [0.15, 0.2) is 0 Å². The lowest BCUT2D eigenvalue weighted by atomic mass is 9.81. The van der Waals surface area contributed by atoms with E-state index >= 15 is 0 Å². The lowest BCUT2D eigenvalue weighted by molar-refractivity contribution is -0.139. The minimum atomic E-state index is -0.600.